The van der Waals surface area contributed by atoms with Crippen molar-refractivity contribution in [3.8, 4) is 0 Å². The maximum absolute atomic E-state index is 12.1. The summed E-state index contributed by atoms with van der Waals surface area (Å²) in [5.41, 5.74) is 3.22. The predicted octanol–water partition coefficient (Wildman–Crippen LogP) is 3.66. The maximum Gasteiger partial charge on any atom is 0.335 e. The molecule has 2 N–H and O–H groups in total. The molecule has 24 heavy (non-hydrogen) atoms. The Balaban J connectivity index is 1.92. The first kappa shape index (κ1) is 18.1. The Labute approximate surface area is 146 Å². The second-order valence-electron chi connectivity index (χ2n) is 5.55. The molecular weight excluding hydrogens is 322 g/mol. The quantitative estimate of drug-likeness (QED) is 0.753. The van der Waals surface area contributed by atoms with Crippen molar-refractivity contribution in [2.24, 2.45) is 0 Å². The molecule has 0 heterocycles. The standard InChI is InChI=1S/C19H21NO3S/c1-13-7-8-15(17(11-13)24-2)12-20-18(21)10-9-14-5-3-4-6-16(14)19(22)23/h3-8,11H,9-10,12H2,1-2H3,(H,20,21)(H,22,23). The number of carbonyl (C=O) groups excluding carboxylic acids is 1. The van der Waals surface area contributed by atoms with Crippen LogP contribution in [0.1, 0.15) is 33.5 Å². The minimum Gasteiger partial charge on any atom is -0.478 e. The Morgan fingerprint density at radius 1 is 1.12 bits per heavy atom. The SMILES string of the molecule is CSc1cc(C)ccc1CNC(=O)CCc1ccccc1C(=O)O. The van der Waals surface area contributed by atoms with Crippen LogP contribution in [0.15, 0.2) is 47.4 Å². The number of hydrogen-bond donors (Lipinski definition) is 2. The Kier molecular flexibility index (Phi) is 6.44. The minimum absolute atomic E-state index is 0.0807. The van der Waals surface area contributed by atoms with Gasteiger partial charge in [-0.15, -0.1) is 11.8 Å². The molecule has 5 heteroatoms. The molecule has 0 aliphatic heterocycles. The van der Waals surface area contributed by atoms with Gasteiger partial charge < -0.3 is 10.4 Å². The Morgan fingerprint density at radius 3 is 2.58 bits per heavy atom. The third kappa shape index (κ3) is 4.86. The minimum atomic E-state index is -0.963. The largest absolute Gasteiger partial charge is 0.478 e. The number of carboxylic acids is 1. The van der Waals surface area contributed by atoms with Crippen molar-refractivity contribution in [1.82, 2.24) is 5.32 Å². The molecule has 0 aliphatic rings. The summed E-state index contributed by atoms with van der Waals surface area (Å²) in [6.45, 7) is 2.53. The first-order chi connectivity index (χ1) is 11.5. The summed E-state index contributed by atoms with van der Waals surface area (Å²) >= 11 is 1.66. The van der Waals surface area contributed by atoms with Crippen LogP contribution < -0.4 is 5.32 Å². The predicted molar refractivity (Wildman–Crippen MR) is 96.5 cm³/mol. The third-order valence-corrected chi connectivity index (χ3v) is 4.61. The lowest BCUT2D eigenvalue weighted by Crippen LogP contribution is -2.23. The van der Waals surface area contributed by atoms with E-state index in [1.165, 1.54) is 5.56 Å². The van der Waals surface area contributed by atoms with Crippen molar-refractivity contribution in [2.75, 3.05) is 6.26 Å². The number of amides is 1. The molecule has 126 valence electrons. The topological polar surface area (TPSA) is 66.4 Å². The van der Waals surface area contributed by atoms with Gasteiger partial charge in [0.1, 0.15) is 0 Å². The molecule has 4 nitrogen and oxygen atoms in total. The van der Waals surface area contributed by atoms with Crippen LogP contribution in [0.3, 0.4) is 0 Å². The highest BCUT2D eigenvalue weighted by Gasteiger charge is 2.11. The van der Waals surface area contributed by atoms with Crippen LogP contribution in [0.4, 0.5) is 0 Å². The zero-order valence-corrected chi connectivity index (χ0v) is 14.7. The van der Waals surface area contributed by atoms with Gasteiger partial charge in [0.25, 0.3) is 0 Å². The Hall–Kier alpha value is -2.27. The van der Waals surface area contributed by atoms with E-state index in [9.17, 15) is 9.59 Å². The summed E-state index contributed by atoms with van der Waals surface area (Å²) in [5, 5.41) is 12.1. The van der Waals surface area contributed by atoms with Crippen LogP contribution in [-0.2, 0) is 17.8 Å². The molecule has 0 atom stereocenters. The normalized spacial score (nSPS) is 10.4. The fourth-order valence-corrected chi connectivity index (χ4v) is 3.18. The van der Waals surface area contributed by atoms with E-state index in [-0.39, 0.29) is 17.9 Å². The summed E-state index contributed by atoms with van der Waals surface area (Å²) in [4.78, 5) is 24.4. The van der Waals surface area contributed by atoms with Gasteiger partial charge in [-0.25, -0.2) is 4.79 Å². The number of hydrogen-bond acceptors (Lipinski definition) is 3. The number of aromatic carboxylic acids is 1. The monoisotopic (exact) mass is 343 g/mol. The van der Waals surface area contributed by atoms with E-state index in [0.29, 0.717) is 18.5 Å². The van der Waals surface area contributed by atoms with Gasteiger partial charge in [0.2, 0.25) is 5.91 Å². The molecule has 0 aromatic heterocycles. The molecule has 0 saturated carbocycles. The van der Waals surface area contributed by atoms with E-state index in [1.807, 2.05) is 25.3 Å². The van der Waals surface area contributed by atoms with Crippen molar-refractivity contribution in [3.05, 3.63) is 64.7 Å². The van der Waals surface area contributed by atoms with E-state index in [1.54, 1.807) is 36.0 Å². The number of carbonyl (C=O) groups is 2. The van der Waals surface area contributed by atoms with Crippen LogP contribution in [0, 0.1) is 6.92 Å². The molecule has 2 rings (SSSR count). The lowest BCUT2D eigenvalue weighted by molar-refractivity contribution is -0.121. The van der Waals surface area contributed by atoms with Crippen molar-refractivity contribution < 1.29 is 14.7 Å². The number of aryl methyl sites for hydroxylation is 2. The molecule has 2 aromatic carbocycles. The Morgan fingerprint density at radius 2 is 1.88 bits per heavy atom. The van der Waals surface area contributed by atoms with Crippen molar-refractivity contribution in [2.45, 2.75) is 31.2 Å². The number of carboxylic acid groups (broad SMARTS) is 1. The molecule has 0 bridgehead atoms. The van der Waals surface area contributed by atoms with Gasteiger partial charge in [0.15, 0.2) is 0 Å². The zero-order chi connectivity index (χ0) is 17.5. The molecule has 0 spiro atoms. The zero-order valence-electron chi connectivity index (χ0n) is 13.8. The highest BCUT2D eigenvalue weighted by Crippen LogP contribution is 2.21. The van der Waals surface area contributed by atoms with Crippen LogP contribution in [0.2, 0.25) is 0 Å². The summed E-state index contributed by atoms with van der Waals surface area (Å²) in [6, 6.07) is 13.0. The highest BCUT2D eigenvalue weighted by atomic mass is 32.2. The first-order valence-electron chi connectivity index (χ1n) is 7.72. The van der Waals surface area contributed by atoms with Crippen molar-refractivity contribution in [3.63, 3.8) is 0 Å². The molecule has 2 aromatic rings. The second kappa shape index (κ2) is 8.55. The van der Waals surface area contributed by atoms with Crippen LogP contribution in [0.5, 0.6) is 0 Å². The molecule has 0 radical (unpaired) electrons. The fraction of sp³-hybridized carbons (Fsp3) is 0.263. The summed E-state index contributed by atoms with van der Waals surface area (Å²) in [6.07, 6.45) is 2.70. The number of rotatable bonds is 7. The van der Waals surface area contributed by atoms with Gasteiger partial charge in [-0.1, -0.05) is 30.3 Å². The summed E-state index contributed by atoms with van der Waals surface area (Å²) in [7, 11) is 0. The van der Waals surface area contributed by atoms with Gasteiger partial charge >= 0.3 is 5.97 Å². The maximum atomic E-state index is 12.1. The van der Waals surface area contributed by atoms with Crippen LogP contribution in [0.25, 0.3) is 0 Å². The van der Waals surface area contributed by atoms with Gasteiger partial charge in [-0.05, 0) is 48.4 Å². The summed E-state index contributed by atoms with van der Waals surface area (Å²) < 4.78 is 0. The summed E-state index contributed by atoms with van der Waals surface area (Å²) in [5.74, 6) is -1.04. The van der Waals surface area contributed by atoms with E-state index in [2.05, 4.69) is 11.4 Å². The lowest BCUT2D eigenvalue weighted by Gasteiger charge is -2.10. The van der Waals surface area contributed by atoms with Gasteiger partial charge in [-0.2, -0.15) is 0 Å². The fourth-order valence-electron chi connectivity index (χ4n) is 2.48. The molecule has 0 fully saturated rings. The smallest absolute Gasteiger partial charge is 0.335 e. The average Bonchev–Trinajstić information content (AvgIpc) is 2.58. The van der Waals surface area contributed by atoms with Gasteiger partial charge in [-0.3, -0.25) is 4.79 Å². The number of thioether (sulfide) groups is 1. The van der Waals surface area contributed by atoms with Crippen LogP contribution >= 0.6 is 11.8 Å². The lowest BCUT2D eigenvalue weighted by atomic mass is 10.0. The van der Waals surface area contributed by atoms with Crippen molar-refractivity contribution >= 4 is 23.6 Å². The molecule has 0 aliphatic carbocycles. The van der Waals surface area contributed by atoms with Gasteiger partial charge in [0.05, 0.1) is 5.56 Å². The molecule has 0 saturated heterocycles. The third-order valence-electron chi connectivity index (χ3n) is 3.79. The molecule has 0 unspecified atom stereocenters. The van der Waals surface area contributed by atoms with E-state index < -0.39 is 5.97 Å². The number of nitrogens with one attached hydrogen (secondary N) is 1. The van der Waals surface area contributed by atoms with E-state index in [0.717, 1.165) is 10.5 Å². The first-order valence-corrected chi connectivity index (χ1v) is 8.95. The second-order valence-corrected chi connectivity index (χ2v) is 6.40. The van der Waals surface area contributed by atoms with Gasteiger partial charge in [0, 0.05) is 17.9 Å². The highest BCUT2D eigenvalue weighted by molar-refractivity contribution is 7.98. The number of benzene rings is 2. The molecule has 1 amide bonds. The molecular formula is C19H21NO3S. The Bertz CT molecular complexity index is 743. The van der Waals surface area contributed by atoms with E-state index >= 15 is 0 Å². The van der Waals surface area contributed by atoms with E-state index in [4.69, 9.17) is 5.11 Å². The van der Waals surface area contributed by atoms with Crippen LogP contribution in [-0.4, -0.2) is 23.2 Å². The average molecular weight is 343 g/mol. The van der Waals surface area contributed by atoms with Crippen molar-refractivity contribution in [1.29, 1.82) is 0 Å².